The Labute approximate surface area is 170 Å². The lowest BCUT2D eigenvalue weighted by Crippen LogP contribution is -2.51. The van der Waals surface area contributed by atoms with Crippen LogP contribution in [0.3, 0.4) is 0 Å². The highest BCUT2D eigenvalue weighted by atomic mass is 16.3. The number of benzene rings is 1. The summed E-state index contributed by atoms with van der Waals surface area (Å²) in [7, 11) is 0. The summed E-state index contributed by atoms with van der Waals surface area (Å²) in [5.41, 5.74) is 8.57. The molecule has 0 saturated carbocycles. The van der Waals surface area contributed by atoms with Gasteiger partial charge in [-0.25, -0.2) is 5.01 Å². The molecule has 2 aliphatic heterocycles. The van der Waals surface area contributed by atoms with E-state index in [1.165, 1.54) is 10.6 Å². The maximum atomic E-state index is 13.2. The molecular weight excluding hydrogens is 368 g/mol. The zero-order valence-electron chi connectivity index (χ0n) is 16.6. The Bertz CT molecular complexity index is 905. The van der Waals surface area contributed by atoms with E-state index in [2.05, 4.69) is 5.10 Å². The van der Waals surface area contributed by atoms with E-state index in [1.54, 1.807) is 6.26 Å². The summed E-state index contributed by atoms with van der Waals surface area (Å²) in [4.78, 5) is 26.9. The van der Waals surface area contributed by atoms with Crippen molar-refractivity contribution in [1.82, 2.24) is 9.91 Å². The van der Waals surface area contributed by atoms with Gasteiger partial charge in [-0.1, -0.05) is 36.2 Å². The van der Waals surface area contributed by atoms with E-state index in [4.69, 9.17) is 10.2 Å². The van der Waals surface area contributed by atoms with Crippen molar-refractivity contribution in [2.45, 2.75) is 44.7 Å². The number of piperidine rings is 1. The number of aryl methyl sites for hydroxylation is 1. The van der Waals surface area contributed by atoms with Gasteiger partial charge in [0.25, 0.3) is 5.91 Å². The standard InChI is InChI=1S/C22H26N4O3/c1-15-7-9-16(10-8-15)17-13-19(20-6-4-12-29-20)26(24-17)21(27)14-25-11-3-2-5-18(25)22(23)28/h4,6-10,12,18-19H,2-3,5,11,13-14H2,1H3,(H2,23,28)/t18-,19-/m1/s1. The van der Waals surface area contributed by atoms with Gasteiger partial charge in [-0.3, -0.25) is 14.5 Å². The SMILES string of the molecule is Cc1ccc(C2=NN(C(=O)CN3CCCC[C@@H]3C(N)=O)[C@@H](c3ccco3)C2)cc1. The molecular formula is C22H26N4O3. The second-order valence-electron chi connectivity index (χ2n) is 7.77. The summed E-state index contributed by atoms with van der Waals surface area (Å²) >= 11 is 0. The van der Waals surface area contributed by atoms with Crippen LogP contribution in [-0.4, -0.2) is 46.6 Å². The van der Waals surface area contributed by atoms with E-state index >= 15 is 0 Å². The maximum absolute atomic E-state index is 13.2. The van der Waals surface area contributed by atoms with Crippen molar-refractivity contribution in [3.63, 3.8) is 0 Å². The lowest BCUT2D eigenvalue weighted by atomic mass is 10.0. The van der Waals surface area contributed by atoms with Gasteiger partial charge in [0.2, 0.25) is 5.91 Å². The lowest BCUT2D eigenvalue weighted by molar-refractivity contribution is -0.137. The molecule has 0 bridgehead atoms. The number of hydrazone groups is 1. The van der Waals surface area contributed by atoms with Crippen molar-refractivity contribution >= 4 is 17.5 Å². The third-order valence-corrected chi connectivity index (χ3v) is 5.70. The molecule has 1 aromatic carbocycles. The van der Waals surface area contributed by atoms with Crippen LogP contribution in [0.2, 0.25) is 0 Å². The third-order valence-electron chi connectivity index (χ3n) is 5.70. The van der Waals surface area contributed by atoms with Gasteiger partial charge in [0.1, 0.15) is 11.8 Å². The summed E-state index contributed by atoms with van der Waals surface area (Å²) in [6.45, 7) is 2.85. The summed E-state index contributed by atoms with van der Waals surface area (Å²) in [5, 5.41) is 6.17. The molecule has 2 atom stereocenters. The van der Waals surface area contributed by atoms with Gasteiger partial charge in [-0.15, -0.1) is 0 Å². The van der Waals surface area contributed by atoms with Crippen LogP contribution in [0.5, 0.6) is 0 Å². The first kappa shape index (κ1) is 19.4. The average Bonchev–Trinajstić information content (AvgIpc) is 3.38. The quantitative estimate of drug-likeness (QED) is 0.844. The number of carbonyl (C=O) groups is 2. The summed E-state index contributed by atoms with van der Waals surface area (Å²) in [6, 6.07) is 11.1. The van der Waals surface area contributed by atoms with Crippen molar-refractivity contribution in [3.8, 4) is 0 Å². The number of hydrogen-bond acceptors (Lipinski definition) is 5. The molecule has 1 fully saturated rings. The van der Waals surface area contributed by atoms with Crippen LogP contribution in [0.25, 0.3) is 0 Å². The fraction of sp³-hybridized carbons (Fsp3) is 0.409. The van der Waals surface area contributed by atoms with Crippen LogP contribution >= 0.6 is 0 Å². The Balaban J connectivity index is 1.58. The molecule has 0 spiro atoms. The van der Waals surface area contributed by atoms with Gasteiger partial charge in [0.15, 0.2) is 0 Å². The molecule has 7 nitrogen and oxygen atoms in total. The van der Waals surface area contributed by atoms with E-state index < -0.39 is 6.04 Å². The molecule has 1 saturated heterocycles. The van der Waals surface area contributed by atoms with Crippen LogP contribution in [0.1, 0.15) is 48.6 Å². The van der Waals surface area contributed by atoms with Crippen molar-refractivity contribution in [1.29, 1.82) is 0 Å². The van der Waals surface area contributed by atoms with Crippen molar-refractivity contribution in [2.24, 2.45) is 10.8 Å². The van der Waals surface area contributed by atoms with E-state index in [-0.39, 0.29) is 24.4 Å². The fourth-order valence-corrected chi connectivity index (χ4v) is 4.11. The Kier molecular flexibility index (Phi) is 5.49. The van der Waals surface area contributed by atoms with E-state index in [0.717, 1.165) is 24.1 Å². The Morgan fingerprint density at radius 3 is 2.69 bits per heavy atom. The number of likely N-dealkylation sites (tertiary alicyclic amines) is 1. The monoisotopic (exact) mass is 394 g/mol. The molecule has 2 amide bonds. The number of carbonyl (C=O) groups excluding carboxylic acids is 2. The van der Waals surface area contributed by atoms with Crippen LogP contribution in [0.15, 0.2) is 52.2 Å². The number of primary amides is 1. The first-order valence-corrected chi connectivity index (χ1v) is 10.1. The van der Waals surface area contributed by atoms with Gasteiger partial charge < -0.3 is 10.2 Å². The largest absolute Gasteiger partial charge is 0.467 e. The summed E-state index contributed by atoms with van der Waals surface area (Å²) in [5.74, 6) is 0.182. The Hall–Kier alpha value is -2.93. The molecule has 152 valence electrons. The molecule has 0 unspecified atom stereocenters. The van der Waals surface area contributed by atoms with Crippen molar-refractivity contribution in [3.05, 3.63) is 59.5 Å². The van der Waals surface area contributed by atoms with Crippen molar-refractivity contribution < 1.29 is 14.0 Å². The van der Waals surface area contributed by atoms with Crippen LogP contribution < -0.4 is 5.73 Å². The first-order valence-electron chi connectivity index (χ1n) is 10.1. The highest BCUT2D eigenvalue weighted by Gasteiger charge is 2.37. The van der Waals surface area contributed by atoms with Gasteiger partial charge >= 0.3 is 0 Å². The summed E-state index contributed by atoms with van der Waals surface area (Å²) < 4.78 is 5.60. The van der Waals surface area contributed by atoms with Crippen LogP contribution in [0, 0.1) is 6.92 Å². The normalized spacial score (nSPS) is 22.5. The Morgan fingerprint density at radius 1 is 1.21 bits per heavy atom. The molecule has 2 aliphatic rings. The van der Waals surface area contributed by atoms with E-state index in [0.29, 0.717) is 25.1 Å². The molecule has 29 heavy (non-hydrogen) atoms. The van der Waals surface area contributed by atoms with Gasteiger partial charge in [0.05, 0.1) is 24.6 Å². The van der Waals surface area contributed by atoms with Crippen molar-refractivity contribution in [2.75, 3.05) is 13.1 Å². The number of amides is 2. The molecule has 7 heteroatoms. The zero-order valence-corrected chi connectivity index (χ0v) is 16.6. The molecule has 0 aliphatic carbocycles. The third kappa shape index (κ3) is 4.10. The summed E-state index contributed by atoms with van der Waals surface area (Å²) in [6.07, 6.45) is 4.79. The molecule has 0 radical (unpaired) electrons. The van der Waals surface area contributed by atoms with Crippen LogP contribution in [-0.2, 0) is 9.59 Å². The number of furan rings is 1. The maximum Gasteiger partial charge on any atom is 0.257 e. The molecule has 1 aromatic heterocycles. The predicted molar refractivity (Wildman–Crippen MR) is 109 cm³/mol. The lowest BCUT2D eigenvalue weighted by Gasteiger charge is -2.34. The highest BCUT2D eigenvalue weighted by molar-refractivity contribution is 6.03. The number of rotatable bonds is 5. The second-order valence-corrected chi connectivity index (χ2v) is 7.77. The average molecular weight is 394 g/mol. The molecule has 4 rings (SSSR count). The number of nitrogens with zero attached hydrogens (tertiary/aromatic N) is 3. The molecule has 3 heterocycles. The molecule has 2 aromatic rings. The predicted octanol–water partition coefficient (Wildman–Crippen LogP) is 2.61. The minimum atomic E-state index is -0.391. The second kappa shape index (κ2) is 8.21. The molecule has 2 N–H and O–H groups in total. The number of nitrogens with two attached hydrogens (primary N) is 1. The van der Waals surface area contributed by atoms with E-state index in [9.17, 15) is 9.59 Å². The first-order chi connectivity index (χ1) is 14.0. The Morgan fingerprint density at radius 2 is 2.00 bits per heavy atom. The zero-order chi connectivity index (χ0) is 20.4. The van der Waals surface area contributed by atoms with Gasteiger partial charge in [-0.05, 0) is 44.0 Å². The number of hydrogen-bond donors (Lipinski definition) is 1. The highest BCUT2D eigenvalue weighted by Crippen LogP contribution is 2.33. The smallest absolute Gasteiger partial charge is 0.257 e. The van der Waals surface area contributed by atoms with E-state index in [1.807, 2.05) is 48.2 Å². The fourth-order valence-electron chi connectivity index (χ4n) is 4.11. The minimum Gasteiger partial charge on any atom is -0.467 e. The van der Waals surface area contributed by atoms with Gasteiger partial charge in [0, 0.05) is 6.42 Å². The minimum absolute atomic E-state index is 0.121. The topological polar surface area (TPSA) is 92.1 Å². The van der Waals surface area contributed by atoms with Crippen LogP contribution in [0.4, 0.5) is 0 Å². The van der Waals surface area contributed by atoms with Gasteiger partial charge in [-0.2, -0.15) is 5.10 Å².